The smallest absolute Gasteiger partial charge is 0.259 e. The van der Waals surface area contributed by atoms with Crippen LogP contribution in [0, 0.1) is 5.82 Å². The van der Waals surface area contributed by atoms with E-state index >= 15 is 0 Å². The highest BCUT2D eigenvalue weighted by Crippen LogP contribution is 2.31. The fourth-order valence-corrected chi connectivity index (χ4v) is 4.11. The van der Waals surface area contributed by atoms with Crippen LogP contribution in [-0.2, 0) is 5.41 Å². The van der Waals surface area contributed by atoms with Crippen molar-refractivity contribution < 1.29 is 18.7 Å². The van der Waals surface area contributed by atoms with Crippen LogP contribution >= 0.6 is 24.0 Å². The zero-order valence-corrected chi connectivity index (χ0v) is 23.0. The molecule has 1 saturated heterocycles. The van der Waals surface area contributed by atoms with Crippen molar-refractivity contribution in [2.75, 3.05) is 23.7 Å². The first-order valence-corrected chi connectivity index (χ1v) is 12.5. The van der Waals surface area contributed by atoms with Crippen LogP contribution in [0.25, 0.3) is 0 Å². The van der Waals surface area contributed by atoms with E-state index in [1.165, 1.54) is 24.4 Å². The van der Waals surface area contributed by atoms with Gasteiger partial charge in [0.1, 0.15) is 23.5 Å². The van der Waals surface area contributed by atoms with E-state index < -0.39 is 17.6 Å². The first-order valence-electron chi connectivity index (χ1n) is 12.2. The predicted molar refractivity (Wildman–Crippen MR) is 150 cm³/mol. The fourth-order valence-electron chi connectivity index (χ4n) is 4.00. The molecule has 0 saturated carbocycles. The summed E-state index contributed by atoms with van der Waals surface area (Å²) in [5.74, 6) is -0.980. The molecule has 7 nitrogen and oxygen atoms in total. The highest BCUT2D eigenvalue weighted by molar-refractivity contribution is 6.30. The number of carbonyl (C=O) groups is 2. The summed E-state index contributed by atoms with van der Waals surface area (Å²) in [6, 6.07) is 12.2. The van der Waals surface area contributed by atoms with Gasteiger partial charge in [0, 0.05) is 6.20 Å². The first-order chi connectivity index (χ1) is 17.6. The van der Waals surface area contributed by atoms with Crippen molar-refractivity contribution in [3.63, 3.8) is 0 Å². The monoisotopic (exact) mass is 560 g/mol. The van der Waals surface area contributed by atoms with Gasteiger partial charge in [-0.15, -0.1) is 12.4 Å². The van der Waals surface area contributed by atoms with E-state index in [1.807, 2.05) is 12.1 Å². The normalized spacial score (nSPS) is 13.8. The molecule has 2 heterocycles. The Labute approximate surface area is 232 Å². The lowest BCUT2D eigenvalue weighted by atomic mass is 9.86. The van der Waals surface area contributed by atoms with Gasteiger partial charge in [-0.25, -0.2) is 9.37 Å². The number of piperidine rings is 1. The number of halogens is 3. The van der Waals surface area contributed by atoms with E-state index in [1.54, 1.807) is 12.1 Å². The molecule has 1 aliphatic heterocycles. The average Bonchev–Trinajstić information content (AvgIpc) is 2.86. The summed E-state index contributed by atoms with van der Waals surface area (Å²) in [4.78, 5) is 30.4. The number of nitrogens with one attached hydrogen (secondary N) is 3. The third-order valence-corrected chi connectivity index (χ3v) is 6.34. The van der Waals surface area contributed by atoms with E-state index in [-0.39, 0.29) is 41.0 Å². The van der Waals surface area contributed by atoms with Crippen LogP contribution in [-0.4, -0.2) is 36.0 Å². The topological polar surface area (TPSA) is 92.4 Å². The number of aromatic nitrogens is 1. The Morgan fingerprint density at radius 2 is 1.71 bits per heavy atom. The van der Waals surface area contributed by atoms with Crippen molar-refractivity contribution in [1.29, 1.82) is 0 Å². The zero-order valence-electron chi connectivity index (χ0n) is 21.4. The maximum atomic E-state index is 14.1. The molecule has 1 aliphatic rings. The van der Waals surface area contributed by atoms with Gasteiger partial charge in [-0.1, -0.05) is 38.4 Å². The van der Waals surface area contributed by atoms with Gasteiger partial charge in [0.25, 0.3) is 11.8 Å². The molecule has 10 heteroatoms. The average molecular weight is 561 g/mol. The zero-order chi connectivity index (χ0) is 26.6. The van der Waals surface area contributed by atoms with Crippen LogP contribution in [0.15, 0.2) is 54.7 Å². The lowest BCUT2D eigenvalue weighted by Crippen LogP contribution is -2.34. The van der Waals surface area contributed by atoms with Crippen molar-refractivity contribution in [3.05, 3.63) is 82.3 Å². The van der Waals surface area contributed by atoms with Crippen molar-refractivity contribution in [2.45, 2.75) is 45.1 Å². The third-order valence-electron chi connectivity index (χ3n) is 6.12. The van der Waals surface area contributed by atoms with Gasteiger partial charge in [-0.2, -0.15) is 0 Å². The quantitative estimate of drug-likeness (QED) is 0.332. The van der Waals surface area contributed by atoms with E-state index in [4.69, 9.17) is 16.3 Å². The highest BCUT2D eigenvalue weighted by atomic mass is 35.5. The minimum absolute atomic E-state index is 0. The molecule has 3 N–H and O–H groups in total. The molecular formula is C28H31Cl2FN4O3. The van der Waals surface area contributed by atoms with E-state index in [0.717, 1.165) is 37.6 Å². The van der Waals surface area contributed by atoms with Gasteiger partial charge >= 0.3 is 0 Å². The number of amides is 2. The Kier molecular flexibility index (Phi) is 9.71. The Morgan fingerprint density at radius 1 is 1.00 bits per heavy atom. The van der Waals surface area contributed by atoms with Crippen LogP contribution in [0.2, 0.25) is 5.02 Å². The summed E-state index contributed by atoms with van der Waals surface area (Å²) in [6.07, 6.45) is 3.04. The number of hydrogen-bond acceptors (Lipinski definition) is 5. The molecule has 2 amide bonds. The Bertz CT molecular complexity index is 1290. The Balaban J connectivity index is 0.00000400. The maximum absolute atomic E-state index is 14.1. The number of carbonyl (C=O) groups excluding carboxylic acids is 2. The first kappa shape index (κ1) is 29.4. The Hall–Kier alpha value is -3.20. The molecule has 1 fully saturated rings. The maximum Gasteiger partial charge on any atom is 0.259 e. The number of hydrogen-bond donors (Lipinski definition) is 3. The van der Waals surface area contributed by atoms with E-state index in [2.05, 4.69) is 41.7 Å². The molecule has 0 bridgehead atoms. The predicted octanol–water partition coefficient (Wildman–Crippen LogP) is 6.23. The van der Waals surface area contributed by atoms with Crippen molar-refractivity contribution >= 4 is 47.3 Å². The summed E-state index contributed by atoms with van der Waals surface area (Å²) in [6.45, 7) is 7.98. The molecular weight excluding hydrogens is 530 g/mol. The standard InChI is InChI=1S/C28H30ClFN4O3.ClH/c1-28(2,3)17-4-7-21(24(14-17)37-20-10-12-31-13-11-20)26(35)33-23-8-6-19(30)15-22(23)27(36)34-25-9-5-18(29)16-32-25;/h4-9,14-16,20,31H,10-13H2,1-3H3,(H,33,35)(H,32,34,36);1H. The number of anilines is 2. The molecule has 0 aliphatic carbocycles. The lowest BCUT2D eigenvalue weighted by molar-refractivity contribution is 0.101. The van der Waals surface area contributed by atoms with Gasteiger partial charge < -0.3 is 20.7 Å². The van der Waals surface area contributed by atoms with Crippen LogP contribution in [0.3, 0.4) is 0 Å². The van der Waals surface area contributed by atoms with Crippen LogP contribution in [0.4, 0.5) is 15.9 Å². The number of rotatable bonds is 6. The molecule has 0 radical (unpaired) electrons. The van der Waals surface area contributed by atoms with Crippen molar-refractivity contribution in [1.82, 2.24) is 10.3 Å². The number of benzene rings is 2. The van der Waals surface area contributed by atoms with Crippen LogP contribution in [0.1, 0.15) is 59.9 Å². The lowest BCUT2D eigenvalue weighted by Gasteiger charge is -2.27. The molecule has 38 heavy (non-hydrogen) atoms. The summed E-state index contributed by atoms with van der Waals surface area (Å²) < 4.78 is 20.4. The van der Waals surface area contributed by atoms with Gasteiger partial charge in [-0.3, -0.25) is 9.59 Å². The molecule has 2 aromatic carbocycles. The molecule has 4 rings (SSSR count). The molecule has 202 valence electrons. The van der Waals surface area contributed by atoms with Crippen LogP contribution in [0.5, 0.6) is 5.75 Å². The molecule has 1 aromatic heterocycles. The molecule has 3 aromatic rings. The fraction of sp³-hybridized carbons (Fsp3) is 0.321. The second-order valence-electron chi connectivity index (χ2n) is 9.99. The van der Waals surface area contributed by atoms with Crippen LogP contribution < -0.4 is 20.7 Å². The molecule has 0 atom stereocenters. The summed E-state index contributed by atoms with van der Waals surface area (Å²) in [5.41, 5.74) is 1.34. The van der Waals surface area contributed by atoms with Crippen molar-refractivity contribution in [2.24, 2.45) is 0 Å². The molecule has 0 unspecified atom stereocenters. The minimum atomic E-state index is -0.626. The minimum Gasteiger partial charge on any atom is -0.489 e. The second-order valence-corrected chi connectivity index (χ2v) is 10.4. The number of ether oxygens (including phenoxy) is 1. The van der Waals surface area contributed by atoms with E-state index in [0.29, 0.717) is 16.3 Å². The van der Waals surface area contributed by atoms with Gasteiger partial charge in [-0.05, 0) is 79.4 Å². The Morgan fingerprint density at radius 3 is 2.37 bits per heavy atom. The summed E-state index contributed by atoms with van der Waals surface area (Å²) in [5, 5.41) is 9.09. The van der Waals surface area contributed by atoms with Gasteiger partial charge in [0.15, 0.2) is 0 Å². The SMILES string of the molecule is CC(C)(C)c1ccc(C(=O)Nc2ccc(F)cc2C(=O)Nc2ccc(Cl)cn2)c(OC2CCNCC2)c1.Cl. The third kappa shape index (κ3) is 7.43. The molecule has 0 spiro atoms. The van der Waals surface area contributed by atoms with Crippen molar-refractivity contribution in [3.8, 4) is 5.75 Å². The number of nitrogens with zero attached hydrogens (tertiary/aromatic N) is 1. The van der Waals surface area contributed by atoms with Gasteiger partial charge in [0.2, 0.25) is 0 Å². The largest absolute Gasteiger partial charge is 0.489 e. The summed E-state index contributed by atoms with van der Waals surface area (Å²) in [7, 11) is 0. The van der Waals surface area contributed by atoms with E-state index in [9.17, 15) is 14.0 Å². The highest BCUT2D eigenvalue weighted by Gasteiger charge is 2.24. The van der Waals surface area contributed by atoms with Gasteiger partial charge in [0.05, 0.1) is 21.8 Å². The summed E-state index contributed by atoms with van der Waals surface area (Å²) >= 11 is 5.85. The number of pyridine rings is 1. The second kappa shape index (κ2) is 12.6.